The van der Waals surface area contributed by atoms with Gasteiger partial charge in [0.2, 0.25) is 0 Å². The third-order valence-corrected chi connectivity index (χ3v) is 3.16. The Bertz CT molecular complexity index is 608. The first-order valence-corrected chi connectivity index (χ1v) is 8.28. The number of anilines is 1. The first kappa shape index (κ1) is 20.5. The van der Waals surface area contributed by atoms with E-state index in [9.17, 15) is 14.4 Å². The summed E-state index contributed by atoms with van der Waals surface area (Å²) in [6, 6.07) is 6.68. The number of hydrogen-bond acceptors (Lipinski definition) is 4. The van der Waals surface area contributed by atoms with Gasteiger partial charge in [-0.1, -0.05) is 18.6 Å². The van der Waals surface area contributed by atoms with Gasteiger partial charge < -0.3 is 15.2 Å². The van der Waals surface area contributed by atoms with Gasteiger partial charge in [-0.05, 0) is 45.7 Å². The summed E-state index contributed by atoms with van der Waals surface area (Å²) >= 11 is 0. The molecular formula is C18H26N2O5. The van der Waals surface area contributed by atoms with E-state index in [1.165, 1.54) is 0 Å². The van der Waals surface area contributed by atoms with Crippen LogP contribution in [0.1, 0.15) is 56.8 Å². The molecule has 0 radical (unpaired) electrons. The summed E-state index contributed by atoms with van der Waals surface area (Å²) in [4.78, 5) is 34.6. The number of nitrogens with one attached hydrogen (secondary N) is 2. The minimum atomic E-state index is -0.814. The number of carbonyl (C=O) groups is 3. The summed E-state index contributed by atoms with van der Waals surface area (Å²) in [6.07, 6.45) is 1.52. The van der Waals surface area contributed by atoms with Crippen LogP contribution in [-0.4, -0.2) is 35.2 Å². The minimum Gasteiger partial charge on any atom is -0.481 e. The van der Waals surface area contributed by atoms with E-state index in [-0.39, 0.29) is 12.3 Å². The number of carbonyl (C=O) groups excluding carboxylic acids is 2. The zero-order chi connectivity index (χ0) is 18.9. The first-order valence-electron chi connectivity index (χ1n) is 8.28. The van der Waals surface area contributed by atoms with Crippen LogP contribution < -0.4 is 10.6 Å². The normalized spacial score (nSPS) is 10.8. The molecule has 0 fully saturated rings. The Balaban J connectivity index is 2.53. The maximum absolute atomic E-state index is 12.3. The van der Waals surface area contributed by atoms with Crippen LogP contribution in [0.5, 0.6) is 0 Å². The van der Waals surface area contributed by atoms with Crippen molar-refractivity contribution in [3.63, 3.8) is 0 Å². The van der Waals surface area contributed by atoms with Gasteiger partial charge in [0.05, 0.1) is 11.3 Å². The van der Waals surface area contributed by atoms with Crippen LogP contribution in [0.25, 0.3) is 0 Å². The molecule has 2 amide bonds. The van der Waals surface area contributed by atoms with Crippen LogP contribution in [0.3, 0.4) is 0 Å². The number of benzene rings is 1. The molecule has 3 N–H and O–H groups in total. The summed E-state index contributed by atoms with van der Waals surface area (Å²) in [5.41, 5.74) is 0.0936. The Hall–Kier alpha value is -2.57. The number of para-hydroxylation sites is 1. The second-order valence-electron chi connectivity index (χ2n) is 6.63. The van der Waals surface area contributed by atoms with E-state index in [0.717, 1.165) is 6.42 Å². The van der Waals surface area contributed by atoms with Crippen LogP contribution in [-0.2, 0) is 9.53 Å². The average molecular weight is 350 g/mol. The molecule has 1 aromatic rings. The average Bonchev–Trinajstić information content (AvgIpc) is 2.48. The SMILES string of the molecule is CC(C)(C)OC(=O)Nc1ccccc1C(=O)NCCCCCC(=O)O. The van der Waals surface area contributed by atoms with Gasteiger partial charge >= 0.3 is 12.1 Å². The van der Waals surface area contributed by atoms with Crippen LogP contribution >= 0.6 is 0 Å². The highest BCUT2D eigenvalue weighted by atomic mass is 16.6. The summed E-state index contributed by atoms with van der Waals surface area (Å²) in [6.45, 7) is 5.72. The van der Waals surface area contributed by atoms with Gasteiger partial charge in [0, 0.05) is 13.0 Å². The molecule has 1 rings (SSSR count). The molecule has 0 aliphatic rings. The van der Waals surface area contributed by atoms with Crippen molar-refractivity contribution in [1.82, 2.24) is 5.32 Å². The van der Waals surface area contributed by atoms with Crippen LogP contribution in [0, 0.1) is 0 Å². The van der Waals surface area contributed by atoms with Crippen molar-refractivity contribution in [3.8, 4) is 0 Å². The topological polar surface area (TPSA) is 105 Å². The molecule has 0 spiro atoms. The molecule has 138 valence electrons. The molecule has 0 heterocycles. The predicted molar refractivity (Wildman–Crippen MR) is 94.7 cm³/mol. The van der Waals surface area contributed by atoms with Gasteiger partial charge in [-0.15, -0.1) is 0 Å². The lowest BCUT2D eigenvalue weighted by Gasteiger charge is -2.20. The molecule has 7 nitrogen and oxygen atoms in total. The lowest BCUT2D eigenvalue weighted by Crippen LogP contribution is -2.29. The molecule has 0 bridgehead atoms. The van der Waals surface area contributed by atoms with Crippen LogP contribution in [0.2, 0.25) is 0 Å². The lowest BCUT2D eigenvalue weighted by atomic mass is 10.1. The third kappa shape index (κ3) is 8.74. The summed E-state index contributed by atoms with van der Waals surface area (Å²) in [5.74, 6) is -1.11. The third-order valence-electron chi connectivity index (χ3n) is 3.16. The van der Waals surface area contributed by atoms with Crippen LogP contribution in [0.15, 0.2) is 24.3 Å². The van der Waals surface area contributed by atoms with Crippen molar-refractivity contribution in [2.45, 2.75) is 52.1 Å². The highest BCUT2D eigenvalue weighted by molar-refractivity contribution is 6.02. The highest BCUT2D eigenvalue weighted by Gasteiger charge is 2.18. The summed E-state index contributed by atoms with van der Waals surface area (Å²) in [7, 11) is 0. The van der Waals surface area contributed by atoms with E-state index in [0.29, 0.717) is 30.6 Å². The van der Waals surface area contributed by atoms with Gasteiger partial charge in [-0.3, -0.25) is 14.9 Å². The van der Waals surface area contributed by atoms with E-state index < -0.39 is 17.7 Å². The molecule has 0 aliphatic carbocycles. The van der Waals surface area contributed by atoms with Crippen molar-refractivity contribution in [2.75, 3.05) is 11.9 Å². The second-order valence-corrected chi connectivity index (χ2v) is 6.63. The smallest absolute Gasteiger partial charge is 0.412 e. The molecule has 7 heteroatoms. The number of amides is 2. The number of ether oxygens (including phenoxy) is 1. The standard InChI is InChI=1S/C18H26N2O5/c1-18(2,3)25-17(24)20-14-10-7-6-9-13(14)16(23)19-12-8-4-5-11-15(21)22/h6-7,9-10H,4-5,8,11-12H2,1-3H3,(H,19,23)(H,20,24)(H,21,22). The largest absolute Gasteiger partial charge is 0.481 e. The van der Waals surface area contributed by atoms with Gasteiger partial charge in [-0.25, -0.2) is 4.79 Å². The number of hydrogen-bond donors (Lipinski definition) is 3. The zero-order valence-electron chi connectivity index (χ0n) is 14.9. The maximum Gasteiger partial charge on any atom is 0.412 e. The molecule has 0 aromatic heterocycles. The molecular weight excluding hydrogens is 324 g/mol. The van der Waals surface area contributed by atoms with E-state index in [1.54, 1.807) is 45.0 Å². The second kappa shape index (κ2) is 9.66. The molecule has 1 aromatic carbocycles. The molecule has 0 unspecified atom stereocenters. The van der Waals surface area contributed by atoms with Gasteiger partial charge in [0.15, 0.2) is 0 Å². The fourth-order valence-electron chi connectivity index (χ4n) is 2.08. The van der Waals surface area contributed by atoms with Crippen molar-refractivity contribution in [3.05, 3.63) is 29.8 Å². The van der Waals surface area contributed by atoms with E-state index in [4.69, 9.17) is 9.84 Å². The minimum absolute atomic E-state index is 0.136. The fraction of sp³-hybridized carbons (Fsp3) is 0.500. The lowest BCUT2D eigenvalue weighted by molar-refractivity contribution is -0.137. The summed E-state index contributed by atoms with van der Waals surface area (Å²) < 4.78 is 5.19. The number of rotatable bonds is 8. The summed E-state index contributed by atoms with van der Waals surface area (Å²) in [5, 5.41) is 13.9. The van der Waals surface area contributed by atoms with Crippen LogP contribution in [0.4, 0.5) is 10.5 Å². The van der Waals surface area contributed by atoms with Crippen molar-refractivity contribution in [1.29, 1.82) is 0 Å². The molecule has 0 atom stereocenters. The first-order chi connectivity index (χ1) is 11.7. The molecule has 0 aliphatic heterocycles. The van der Waals surface area contributed by atoms with Gasteiger partial charge in [0.25, 0.3) is 5.91 Å². The molecule has 0 saturated heterocycles. The Kier molecular flexibility index (Phi) is 7.91. The Labute approximate surface area is 147 Å². The Morgan fingerprint density at radius 3 is 2.40 bits per heavy atom. The number of aliphatic carboxylic acids is 1. The Morgan fingerprint density at radius 2 is 1.76 bits per heavy atom. The number of carboxylic acid groups (broad SMARTS) is 1. The monoisotopic (exact) mass is 350 g/mol. The molecule has 25 heavy (non-hydrogen) atoms. The van der Waals surface area contributed by atoms with Gasteiger partial charge in [-0.2, -0.15) is 0 Å². The van der Waals surface area contributed by atoms with Gasteiger partial charge in [0.1, 0.15) is 5.60 Å². The van der Waals surface area contributed by atoms with E-state index >= 15 is 0 Å². The number of carboxylic acids is 1. The zero-order valence-corrected chi connectivity index (χ0v) is 14.9. The Morgan fingerprint density at radius 1 is 1.08 bits per heavy atom. The fourth-order valence-corrected chi connectivity index (χ4v) is 2.08. The van der Waals surface area contributed by atoms with E-state index in [2.05, 4.69) is 10.6 Å². The van der Waals surface area contributed by atoms with Crippen molar-refractivity contribution in [2.24, 2.45) is 0 Å². The number of unbranched alkanes of at least 4 members (excludes halogenated alkanes) is 2. The highest BCUT2D eigenvalue weighted by Crippen LogP contribution is 2.17. The quantitative estimate of drug-likeness (QED) is 0.623. The van der Waals surface area contributed by atoms with Crippen molar-refractivity contribution >= 4 is 23.7 Å². The predicted octanol–water partition coefficient (Wildman–Crippen LogP) is 3.41. The van der Waals surface area contributed by atoms with Crippen molar-refractivity contribution < 1.29 is 24.2 Å². The molecule has 0 saturated carbocycles. The van der Waals surface area contributed by atoms with E-state index in [1.807, 2.05) is 0 Å². The maximum atomic E-state index is 12.3.